The van der Waals surface area contributed by atoms with Crippen molar-refractivity contribution in [3.05, 3.63) is 59.6 Å². The Hall–Kier alpha value is -2.36. The second-order valence-corrected chi connectivity index (χ2v) is 5.56. The van der Waals surface area contributed by atoms with Crippen molar-refractivity contribution < 1.29 is 9.18 Å². The highest BCUT2D eigenvalue weighted by Crippen LogP contribution is 2.42. The Bertz CT molecular complexity index is 702. The summed E-state index contributed by atoms with van der Waals surface area (Å²) in [7, 11) is 1.70. The zero-order valence-electron chi connectivity index (χ0n) is 12.0. The topological polar surface area (TPSA) is 46.3 Å². The summed E-state index contributed by atoms with van der Waals surface area (Å²) in [6.07, 6.45) is 4.96. The van der Waals surface area contributed by atoms with Gasteiger partial charge in [-0.2, -0.15) is 0 Å². The van der Waals surface area contributed by atoms with Crippen LogP contribution in [0, 0.1) is 11.8 Å². The third-order valence-corrected chi connectivity index (χ3v) is 4.14. The number of carbonyl (C=O) groups is 1. The quantitative estimate of drug-likeness (QED) is 0.805. The third kappa shape index (κ3) is 2.17. The minimum absolute atomic E-state index is 0.0790. The monoisotopic (exact) mass is 284 g/mol. The summed E-state index contributed by atoms with van der Waals surface area (Å²) in [5.74, 6) is -1.24. The van der Waals surface area contributed by atoms with E-state index in [0.29, 0.717) is 5.69 Å². The van der Waals surface area contributed by atoms with Crippen LogP contribution in [-0.2, 0) is 4.79 Å². The van der Waals surface area contributed by atoms with Gasteiger partial charge in [0.25, 0.3) is 0 Å². The zero-order chi connectivity index (χ0) is 15.1. The normalized spacial score (nSPS) is 25.0. The average Bonchev–Trinajstić information content (AvgIpc) is 2.46. The van der Waals surface area contributed by atoms with Crippen LogP contribution in [0.5, 0.6) is 0 Å². The van der Waals surface area contributed by atoms with Crippen LogP contribution in [-0.4, -0.2) is 17.9 Å². The van der Waals surface area contributed by atoms with Crippen molar-refractivity contribution in [1.82, 2.24) is 4.90 Å². The van der Waals surface area contributed by atoms with E-state index < -0.39 is 11.8 Å². The van der Waals surface area contributed by atoms with Gasteiger partial charge in [-0.3, -0.25) is 4.79 Å². The number of nitrogens with zero attached hydrogens (tertiary/aromatic N) is 1. The van der Waals surface area contributed by atoms with E-state index in [-0.39, 0.29) is 11.7 Å². The molecule has 21 heavy (non-hydrogen) atoms. The molecule has 0 bridgehead atoms. The molecule has 2 aliphatic rings. The Balaban J connectivity index is 2.16. The van der Waals surface area contributed by atoms with Crippen LogP contribution in [0.15, 0.2) is 54.0 Å². The van der Waals surface area contributed by atoms with Gasteiger partial charge < -0.3 is 10.6 Å². The lowest BCUT2D eigenvalue weighted by Crippen LogP contribution is -2.39. The molecule has 1 aliphatic heterocycles. The number of carbonyl (C=O) groups excluding carboxylic acids is 1. The predicted octanol–water partition coefficient (Wildman–Crippen LogP) is 3.13. The van der Waals surface area contributed by atoms with Crippen molar-refractivity contribution in [3.63, 3.8) is 0 Å². The molecule has 0 aromatic heterocycles. The summed E-state index contributed by atoms with van der Waals surface area (Å²) in [6.45, 7) is 1.75. The van der Waals surface area contributed by atoms with Gasteiger partial charge in [0.1, 0.15) is 5.83 Å². The number of amides is 1. The molecule has 0 radical (unpaired) electrons. The Morgan fingerprint density at radius 2 is 2.05 bits per heavy atom. The SMILES string of the molecule is CC1C(F)=CC=C2C(c3cccc(N)c3)=CN(C)C(=O)C21. The van der Waals surface area contributed by atoms with Crippen LogP contribution in [0.25, 0.3) is 5.57 Å². The maximum Gasteiger partial charge on any atom is 0.234 e. The lowest BCUT2D eigenvalue weighted by molar-refractivity contribution is -0.132. The molecule has 1 aliphatic carbocycles. The first kappa shape index (κ1) is 13.6. The Kier molecular flexibility index (Phi) is 3.16. The highest BCUT2D eigenvalue weighted by molar-refractivity contribution is 5.96. The summed E-state index contributed by atoms with van der Waals surface area (Å²) in [5, 5.41) is 0. The Labute approximate surface area is 123 Å². The number of anilines is 1. The van der Waals surface area contributed by atoms with E-state index in [0.717, 1.165) is 16.7 Å². The van der Waals surface area contributed by atoms with Gasteiger partial charge in [0.2, 0.25) is 5.91 Å². The van der Waals surface area contributed by atoms with Crippen LogP contribution in [0.2, 0.25) is 0 Å². The van der Waals surface area contributed by atoms with Gasteiger partial charge in [-0.15, -0.1) is 0 Å². The fraction of sp³-hybridized carbons (Fsp3) is 0.235. The summed E-state index contributed by atoms with van der Waals surface area (Å²) in [4.78, 5) is 13.9. The van der Waals surface area contributed by atoms with E-state index in [2.05, 4.69) is 0 Å². The standard InChI is InChI=1S/C17H17FN2O/c1-10-15(18)7-6-13-14(9-20(2)17(21)16(10)13)11-4-3-5-12(19)8-11/h3-10,16H,19H2,1-2H3. The van der Waals surface area contributed by atoms with Crippen molar-refractivity contribution in [2.24, 2.45) is 11.8 Å². The van der Waals surface area contributed by atoms with Crippen LogP contribution in [0.4, 0.5) is 10.1 Å². The molecule has 2 atom stereocenters. The first-order chi connectivity index (χ1) is 9.99. The van der Waals surface area contributed by atoms with E-state index >= 15 is 0 Å². The molecule has 0 spiro atoms. The fourth-order valence-electron chi connectivity index (χ4n) is 2.96. The molecule has 1 aromatic carbocycles. The molecule has 0 saturated heterocycles. The van der Waals surface area contributed by atoms with Crippen molar-refractivity contribution in [1.29, 1.82) is 0 Å². The molecule has 1 aromatic rings. The molecule has 3 nitrogen and oxygen atoms in total. The largest absolute Gasteiger partial charge is 0.399 e. The number of nitrogens with two attached hydrogens (primary N) is 1. The fourth-order valence-corrected chi connectivity index (χ4v) is 2.96. The van der Waals surface area contributed by atoms with E-state index in [1.165, 1.54) is 11.0 Å². The average molecular weight is 284 g/mol. The van der Waals surface area contributed by atoms with Gasteiger partial charge >= 0.3 is 0 Å². The molecule has 0 saturated carbocycles. The molecule has 1 amide bonds. The summed E-state index contributed by atoms with van der Waals surface area (Å²) in [5.41, 5.74) is 9.23. The maximum atomic E-state index is 13.8. The Morgan fingerprint density at radius 3 is 2.76 bits per heavy atom. The van der Waals surface area contributed by atoms with Gasteiger partial charge in [0.15, 0.2) is 0 Å². The van der Waals surface area contributed by atoms with Gasteiger partial charge in [0.05, 0.1) is 5.92 Å². The lowest BCUT2D eigenvalue weighted by Gasteiger charge is -2.35. The van der Waals surface area contributed by atoms with E-state index in [4.69, 9.17) is 5.73 Å². The van der Waals surface area contributed by atoms with Crippen molar-refractivity contribution in [2.45, 2.75) is 6.92 Å². The molecule has 3 rings (SSSR count). The molecule has 108 valence electrons. The smallest absolute Gasteiger partial charge is 0.234 e. The van der Waals surface area contributed by atoms with E-state index in [1.807, 2.05) is 24.3 Å². The summed E-state index contributed by atoms with van der Waals surface area (Å²) < 4.78 is 13.8. The van der Waals surface area contributed by atoms with Crippen LogP contribution in [0.1, 0.15) is 12.5 Å². The number of hydrogen-bond donors (Lipinski definition) is 1. The molecular formula is C17H17FN2O. The van der Waals surface area contributed by atoms with Crippen molar-refractivity contribution in [3.8, 4) is 0 Å². The zero-order valence-corrected chi connectivity index (χ0v) is 12.0. The number of nitrogen functional groups attached to an aromatic ring is 1. The second kappa shape index (κ2) is 4.88. The molecule has 1 heterocycles. The number of halogens is 1. The van der Waals surface area contributed by atoms with Gasteiger partial charge in [-0.1, -0.05) is 25.1 Å². The highest BCUT2D eigenvalue weighted by Gasteiger charge is 2.39. The van der Waals surface area contributed by atoms with E-state index in [1.54, 1.807) is 26.2 Å². The van der Waals surface area contributed by atoms with Gasteiger partial charge in [-0.25, -0.2) is 4.39 Å². The van der Waals surface area contributed by atoms with E-state index in [9.17, 15) is 9.18 Å². The van der Waals surface area contributed by atoms with Gasteiger partial charge in [0, 0.05) is 30.4 Å². The van der Waals surface area contributed by atoms with Crippen LogP contribution >= 0.6 is 0 Å². The van der Waals surface area contributed by atoms with Crippen molar-refractivity contribution >= 4 is 17.2 Å². The predicted molar refractivity (Wildman–Crippen MR) is 81.5 cm³/mol. The maximum absolute atomic E-state index is 13.8. The summed E-state index contributed by atoms with van der Waals surface area (Å²) >= 11 is 0. The Morgan fingerprint density at radius 1 is 1.29 bits per heavy atom. The minimum Gasteiger partial charge on any atom is -0.399 e. The molecule has 2 unspecified atom stereocenters. The number of rotatable bonds is 1. The molecular weight excluding hydrogens is 267 g/mol. The third-order valence-electron chi connectivity index (χ3n) is 4.14. The molecule has 2 N–H and O–H groups in total. The lowest BCUT2D eigenvalue weighted by atomic mass is 9.75. The number of benzene rings is 1. The second-order valence-electron chi connectivity index (χ2n) is 5.56. The van der Waals surface area contributed by atoms with Gasteiger partial charge in [-0.05, 0) is 29.3 Å². The first-order valence-corrected chi connectivity index (χ1v) is 6.91. The van der Waals surface area contributed by atoms with Crippen LogP contribution in [0.3, 0.4) is 0 Å². The van der Waals surface area contributed by atoms with Crippen molar-refractivity contribution in [2.75, 3.05) is 12.8 Å². The highest BCUT2D eigenvalue weighted by atomic mass is 19.1. The first-order valence-electron chi connectivity index (χ1n) is 6.91. The molecule has 4 heteroatoms. The summed E-state index contributed by atoms with van der Waals surface area (Å²) in [6, 6.07) is 7.51. The minimum atomic E-state index is -0.471. The number of hydrogen-bond acceptors (Lipinski definition) is 2. The van der Waals surface area contributed by atoms with Crippen LogP contribution < -0.4 is 5.73 Å². The number of fused-ring (bicyclic) bond motifs is 1. The number of allylic oxidation sites excluding steroid dienone is 4. The molecule has 0 fully saturated rings.